The van der Waals surface area contributed by atoms with Crippen molar-refractivity contribution in [2.24, 2.45) is 11.5 Å². The highest BCUT2D eigenvalue weighted by molar-refractivity contribution is 5.94. The van der Waals surface area contributed by atoms with E-state index in [2.05, 4.69) is 10.6 Å². The van der Waals surface area contributed by atoms with Crippen molar-refractivity contribution in [3.63, 3.8) is 0 Å². The third-order valence-corrected chi connectivity index (χ3v) is 4.85. The molecule has 2 aromatic carbocycles. The van der Waals surface area contributed by atoms with E-state index in [4.69, 9.17) is 16.9 Å². The highest BCUT2D eigenvalue weighted by atomic mass is 19.4. The number of nitrogen functional groups attached to an aromatic ring is 1. The molecule has 0 aliphatic heterocycles. The molecule has 0 aliphatic rings. The number of carbonyl (C=O) groups is 2. The third kappa shape index (κ3) is 7.38. The van der Waals surface area contributed by atoms with Crippen molar-refractivity contribution in [2.45, 2.75) is 44.6 Å². The number of alkyl halides is 3. The van der Waals surface area contributed by atoms with Gasteiger partial charge >= 0.3 is 6.18 Å². The molecule has 2 amide bonds. The van der Waals surface area contributed by atoms with Crippen molar-refractivity contribution in [2.75, 3.05) is 0 Å². The fourth-order valence-corrected chi connectivity index (χ4v) is 2.84. The first-order chi connectivity index (χ1) is 15.0. The summed E-state index contributed by atoms with van der Waals surface area (Å²) in [6.07, 6.45) is -3.86. The Morgan fingerprint density at radius 3 is 2.09 bits per heavy atom. The minimum atomic E-state index is -4.40. The summed E-state index contributed by atoms with van der Waals surface area (Å²) >= 11 is 0. The number of aryl methyl sites for hydroxylation is 1. The molecular weight excluding hydrogens is 423 g/mol. The minimum Gasteiger partial charge on any atom is -0.384 e. The van der Waals surface area contributed by atoms with Gasteiger partial charge in [-0.25, -0.2) is 0 Å². The normalized spacial score (nSPS) is 13.2. The average Bonchev–Trinajstić information content (AvgIpc) is 2.75. The molecule has 2 rings (SSSR count). The van der Waals surface area contributed by atoms with E-state index in [0.717, 1.165) is 17.7 Å². The first-order valence-electron chi connectivity index (χ1n) is 9.90. The molecule has 0 saturated carbocycles. The lowest BCUT2D eigenvalue weighted by Crippen LogP contribution is -2.50. The molecule has 0 aliphatic carbocycles. The Kier molecular flexibility index (Phi) is 8.36. The molecule has 0 radical (unpaired) electrons. The van der Waals surface area contributed by atoms with E-state index in [-0.39, 0.29) is 18.8 Å². The number of hydrogen-bond donors (Lipinski definition) is 5. The predicted molar refractivity (Wildman–Crippen MR) is 115 cm³/mol. The van der Waals surface area contributed by atoms with Crippen LogP contribution in [0.5, 0.6) is 0 Å². The van der Waals surface area contributed by atoms with Crippen molar-refractivity contribution >= 4 is 17.6 Å². The number of hydrogen-bond acceptors (Lipinski definition) is 4. The first kappa shape index (κ1) is 24.9. The molecule has 0 spiro atoms. The van der Waals surface area contributed by atoms with Gasteiger partial charge in [0.25, 0.3) is 0 Å². The van der Waals surface area contributed by atoms with Crippen LogP contribution in [-0.4, -0.2) is 29.7 Å². The smallest absolute Gasteiger partial charge is 0.384 e. The van der Waals surface area contributed by atoms with Gasteiger partial charge in [-0.3, -0.25) is 15.0 Å². The van der Waals surface area contributed by atoms with Gasteiger partial charge in [-0.05, 0) is 43.0 Å². The maximum Gasteiger partial charge on any atom is 0.416 e. The Bertz CT molecular complexity index is 944. The van der Waals surface area contributed by atoms with Gasteiger partial charge in [0.1, 0.15) is 11.9 Å². The second-order valence-corrected chi connectivity index (χ2v) is 7.40. The molecule has 0 aromatic heterocycles. The molecule has 0 heterocycles. The van der Waals surface area contributed by atoms with Gasteiger partial charge in [0.05, 0.1) is 11.6 Å². The lowest BCUT2D eigenvalue weighted by atomic mass is 10.0. The Labute approximate surface area is 183 Å². The highest BCUT2D eigenvalue weighted by Gasteiger charge is 2.30. The number of amides is 2. The van der Waals surface area contributed by atoms with E-state index in [1.807, 2.05) is 0 Å². The van der Waals surface area contributed by atoms with Crippen molar-refractivity contribution < 1.29 is 22.8 Å². The SMILES string of the molecule is C[C@H](NC(=O)[C@H](N)CCc1ccc(C(F)(F)F)cc1)C(=O)NCc1ccc(C(=N)N)cc1. The van der Waals surface area contributed by atoms with Crippen LogP contribution >= 0.6 is 0 Å². The van der Waals surface area contributed by atoms with Gasteiger partial charge in [-0.15, -0.1) is 0 Å². The molecular formula is C22H26F3N5O2. The van der Waals surface area contributed by atoms with Gasteiger partial charge in [-0.1, -0.05) is 36.4 Å². The second-order valence-electron chi connectivity index (χ2n) is 7.40. The Balaban J connectivity index is 1.77. The predicted octanol–water partition coefficient (Wildman–Crippen LogP) is 2.07. The number of benzene rings is 2. The van der Waals surface area contributed by atoms with Gasteiger partial charge in [0.15, 0.2) is 0 Å². The number of nitrogens with two attached hydrogens (primary N) is 2. The summed E-state index contributed by atoms with van der Waals surface area (Å²) in [5.74, 6) is -0.971. The van der Waals surface area contributed by atoms with Crippen molar-refractivity contribution in [1.82, 2.24) is 10.6 Å². The number of halogens is 3. The molecule has 0 saturated heterocycles. The van der Waals surface area contributed by atoms with Crippen molar-refractivity contribution in [3.05, 3.63) is 70.8 Å². The summed E-state index contributed by atoms with van der Waals surface area (Å²) in [7, 11) is 0. The van der Waals surface area contributed by atoms with Crippen LogP contribution in [0, 0.1) is 5.41 Å². The lowest BCUT2D eigenvalue weighted by molar-refractivity contribution is -0.137. The fourth-order valence-electron chi connectivity index (χ4n) is 2.84. The van der Waals surface area contributed by atoms with E-state index in [0.29, 0.717) is 17.5 Å². The van der Waals surface area contributed by atoms with E-state index < -0.39 is 35.6 Å². The van der Waals surface area contributed by atoms with Crippen LogP contribution in [0.25, 0.3) is 0 Å². The second kappa shape index (κ2) is 10.8. The van der Waals surface area contributed by atoms with E-state index in [1.165, 1.54) is 19.1 Å². The third-order valence-electron chi connectivity index (χ3n) is 4.85. The minimum absolute atomic E-state index is 0.0495. The van der Waals surface area contributed by atoms with E-state index >= 15 is 0 Å². The number of rotatable bonds is 9. The fraction of sp³-hybridized carbons (Fsp3) is 0.318. The molecule has 32 heavy (non-hydrogen) atoms. The maximum absolute atomic E-state index is 12.6. The summed E-state index contributed by atoms with van der Waals surface area (Å²) in [4.78, 5) is 24.5. The highest BCUT2D eigenvalue weighted by Crippen LogP contribution is 2.29. The molecule has 2 atom stereocenters. The Hall–Kier alpha value is -3.40. The van der Waals surface area contributed by atoms with Crippen LogP contribution in [0.4, 0.5) is 13.2 Å². The quantitative estimate of drug-likeness (QED) is 0.296. The van der Waals surface area contributed by atoms with E-state index in [1.54, 1.807) is 24.3 Å². The van der Waals surface area contributed by atoms with Gasteiger partial charge in [-0.2, -0.15) is 13.2 Å². The Morgan fingerprint density at radius 2 is 1.56 bits per heavy atom. The molecule has 0 bridgehead atoms. The summed E-state index contributed by atoms with van der Waals surface area (Å²) < 4.78 is 37.8. The van der Waals surface area contributed by atoms with Gasteiger partial charge in [0.2, 0.25) is 11.8 Å². The van der Waals surface area contributed by atoms with Crippen LogP contribution in [-0.2, 0) is 28.7 Å². The molecule has 172 valence electrons. The monoisotopic (exact) mass is 449 g/mol. The van der Waals surface area contributed by atoms with Crippen molar-refractivity contribution in [1.29, 1.82) is 5.41 Å². The summed E-state index contributed by atoms with van der Waals surface area (Å²) in [5.41, 5.74) is 12.5. The summed E-state index contributed by atoms with van der Waals surface area (Å²) in [6.45, 7) is 1.76. The van der Waals surface area contributed by atoms with Crippen LogP contribution in [0.15, 0.2) is 48.5 Å². The van der Waals surface area contributed by atoms with Gasteiger partial charge in [0, 0.05) is 12.1 Å². The van der Waals surface area contributed by atoms with Gasteiger partial charge < -0.3 is 22.1 Å². The van der Waals surface area contributed by atoms with E-state index in [9.17, 15) is 22.8 Å². The largest absolute Gasteiger partial charge is 0.416 e. The number of nitrogens with one attached hydrogen (secondary N) is 3. The first-order valence-corrected chi connectivity index (χ1v) is 9.90. The molecule has 2 aromatic rings. The molecule has 10 heteroatoms. The lowest BCUT2D eigenvalue weighted by Gasteiger charge is -2.17. The zero-order valence-corrected chi connectivity index (χ0v) is 17.5. The standard InChI is InChI=1S/C22H26F3N5O2/c1-13(20(31)29-12-15-2-7-16(8-3-15)19(27)28)30-21(32)18(26)11-6-14-4-9-17(10-5-14)22(23,24)25/h2-5,7-10,13,18H,6,11-12,26H2,1H3,(H3,27,28)(H,29,31)(H,30,32)/t13-,18+/m0/s1. The maximum atomic E-state index is 12.6. The zero-order valence-electron chi connectivity index (χ0n) is 17.5. The molecule has 7 N–H and O–H groups in total. The van der Waals surface area contributed by atoms with Crippen LogP contribution < -0.4 is 22.1 Å². The molecule has 0 fully saturated rings. The summed E-state index contributed by atoms with van der Waals surface area (Å²) in [5, 5.41) is 12.6. The van der Waals surface area contributed by atoms with Crippen molar-refractivity contribution in [3.8, 4) is 0 Å². The van der Waals surface area contributed by atoms with Crippen LogP contribution in [0.2, 0.25) is 0 Å². The summed E-state index contributed by atoms with van der Waals surface area (Å²) in [6, 6.07) is 9.76. The topological polar surface area (TPSA) is 134 Å². The number of amidine groups is 1. The average molecular weight is 449 g/mol. The molecule has 7 nitrogen and oxygen atoms in total. The zero-order chi connectivity index (χ0) is 23.9. The van der Waals surface area contributed by atoms with Crippen LogP contribution in [0.3, 0.4) is 0 Å². The molecule has 0 unspecified atom stereocenters. The Morgan fingerprint density at radius 1 is 1.00 bits per heavy atom. The number of carbonyl (C=O) groups excluding carboxylic acids is 2. The van der Waals surface area contributed by atoms with Crippen LogP contribution in [0.1, 0.15) is 35.6 Å².